The van der Waals surface area contributed by atoms with Crippen molar-refractivity contribution in [2.24, 2.45) is 5.73 Å². The van der Waals surface area contributed by atoms with Crippen LogP contribution in [0.1, 0.15) is 36.1 Å². The van der Waals surface area contributed by atoms with Crippen LogP contribution in [0.4, 0.5) is 0 Å². The number of rotatable bonds is 12. The van der Waals surface area contributed by atoms with Crippen LogP contribution >= 0.6 is 0 Å². The van der Waals surface area contributed by atoms with Gasteiger partial charge in [0.2, 0.25) is 0 Å². The van der Waals surface area contributed by atoms with Crippen molar-refractivity contribution >= 4 is 34.2 Å². The molecule has 0 aliphatic heterocycles. The zero-order valence-corrected chi connectivity index (χ0v) is 19.7. The largest absolute Gasteiger partial charge is 0.416 e. The van der Waals surface area contributed by atoms with Crippen molar-refractivity contribution in [2.45, 2.75) is 88.0 Å². The maximum atomic E-state index is 10.2. The van der Waals surface area contributed by atoms with Gasteiger partial charge in [0.15, 0.2) is 0 Å². The molecule has 0 rings (SSSR count). The van der Waals surface area contributed by atoms with Gasteiger partial charge < -0.3 is 33.0 Å². The van der Waals surface area contributed by atoms with Crippen molar-refractivity contribution < 1.29 is 21.9 Å². The lowest BCUT2D eigenvalue weighted by Gasteiger charge is -2.40. The number of nitrogens with one attached hydrogen (secondary N) is 1. The molecule has 0 amide bonds. The summed E-state index contributed by atoms with van der Waals surface area (Å²) in [6.07, 6.45) is 0.887. The van der Waals surface area contributed by atoms with E-state index < -0.39 is 34.2 Å². The highest BCUT2D eigenvalue weighted by atomic mass is 28.5. The Bertz CT molecular complexity index is 353. The summed E-state index contributed by atoms with van der Waals surface area (Å²) in [6.45, 7) is 15.0. The number of hydrogen-bond donors (Lipinski definition) is 4. The highest BCUT2D eigenvalue weighted by Gasteiger charge is 2.45. The van der Waals surface area contributed by atoms with E-state index in [0.717, 1.165) is 25.6 Å². The van der Waals surface area contributed by atoms with E-state index in [1.807, 2.05) is 19.6 Å². The normalized spacial score (nSPS) is 14.0. The van der Waals surface area contributed by atoms with Gasteiger partial charge in [-0.15, -0.1) is 0 Å². The lowest BCUT2D eigenvalue weighted by molar-refractivity contribution is 0.272. The van der Waals surface area contributed by atoms with Gasteiger partial charge in [-0.1, -0.05) is 29.7 Å². The van der Waals surface area contributed by atoms with Crippen LogP contribution in [-0.2, 0) is 12.3 Å². The molecule has 0 aromatic rings. The topological polar surface area (TPSA) is 106 Å². The Hall–Kier alpha value is 0.588. The maximum absolute atomic E-state index is 10.2. The van der Waals surface area contributed by atoms with Crippen LogP contribution in [0.15, 0.2) is 0 Å². The summed E-state index contributed by atoms with van der Waals surface area (Å²) >= 11 is 0. The van der Waals surface area contributed by atoms with Crippen LogP contribution in [0.3, 0.4) is 0 Å². The smallest absolute Gasteiger partial charge is 0.320 e. The van der Waals surface area contributed by atoms with Crippen molar-refractivity contribution in [1.29, 1.82) is 0 Å². The zero-order chi connectivity index (χ0) is 18.4. The third kappa shape index (κ3) is 22.7. The van der Waals surface area contributed by atoms with Crippen LogP contribution in [0.5, 0.6) is 0 Å². The molecule has 11 heteroatoms. The quantitative estimate of drug-likeness (QED) is 0.258. The van der Waals surface area contributed by atoms with E-state index in [2.05, 4.69) is 5.32 Å². The monoisotopic (exact) mass is 464 g/mol. The van der Waals surface area contributed by atoms with E-state index in [-0.39, 0.29) is 29.7 Å². The molecule has 5 N–H and O–H groups in total. The van der Waals surface area contributed by atoms with Crippen LogP contribution in [-0.4, -0.2) is 63.5 Å². The second kappa shape index (κ2) is 15.4. The van der Waals surface area contributed by atoms with Gasteiger partial charge in [-0.3, -0.25) is 0 Å². The van der Waals surface area contributed by atoms with Crippen LogP contribution < -0.4 is 11.1 Å². The molecule has 0 heterocycles. The summed E-state index contributed by atoms with van der Waals surface area (Å²) in [4.78, 5) is 20.2. The highest BCUT2D eigenvalue weighted by molar-refractivity contribution is 6.87. The van der Waals surface area contributed by atoms with E-state index >= 15 is 0 Å². The molecule has 172 valence electrons. The Morgan fingerprint density at radius 3 is 1.56 bits per heavy atom. The molecule has 0 bridgehead atoms. The molecule has 0 saturated heterocycles. The number of nitrogens with two attached hydrogens (primary N) is 1. The SMILES string of the molecule is C.C.C.C.C[Si](C)(O)O[Si](C)(C)O[Si@@](C)(CCCNCCN)O[Si](C)(C)O. The summed E-state index contributed by atoms with van der Waals surface area (Å²) in [5.41, 5.74) is 5.46. The second-order valence-electron chi connectivity index (χ2n) is 7.38. The average Bonchev–Trinajstić information content (AvgIpc) is 2.20. The molecule has 0 aromatic carbocycles. The third-order valence-corrected chi connectivity index (χ3v) is 15.4. The summed E-state index contributed by atoms with van der Waals surface area (Å²) in [7, 11) is -10.5. The third-order valence-electron chi connectivity index (χ3n) is 2.73. The van der Waals surface area contributed by atoms with E-state index in [1.165, 1.54) is 0 Å². The molecule has 0 aliphatic carbocycles. The summed E-state index contributed by atoms with van der Waals surface area (Å²) < 4.78 is 18.2. The lowest BCUT2D eigenvalue weighted by Crippen LogP contribution is -2.58. The first-order chi connectivity index (χ1) is 10.2. The minimum atomic E-state index is -2.71. The van der Waals surface area contributed by atoms with Gasteiger partial charge in [-0.05, 0) is 64.8 Å². The Morgan fingerprint density at radius 2 is 1.19 bits per heavy atom. The molecule has 0 fully saturated rings. The fourth-order valence-corrected chi connectivity index (χ4v) is 18.5. The molecule has 0 unspecified atom stereocenters. The van der Waals surface area contributed by atoms with Gasteiger partial charge in [0, 0.05) is 13.1 Å². The van der Waals surface area contributed by atoms with Gasteiger partial charge in [-0.25, -0.2) is 0 Å². The van der Waals surface area contributed by atoms with Gasteiger partial charge in [0.25, 0.3) is 0 Å². The van der Waals surface area contributed by atoms with Crippen molar-refractivity contribution in [3.8, 4) is 0 Å². The fraction of sp³-hybridized carbons (Fsp3) is 1.00. The Kier molecular flexibility index (Phi) is 21.8. The first kappa shape index (κ1) is 38.2. The average molecular weight is 465 g/mol. The molecular weight excluding hydrogens is 413 g/mol. The molecular formula is C16H52N2O5Si4. The molecule has 0 radical (unpaired) electrons. The van der Waals surface area contributed by atoms with Crippen molar-refractivity contribution in [3.63, 3.8) is 0 Å². The van der Waals surface area contributed by atoms with Crippen LogP contribution in [0, 0.1) is 0 Å². The lowest BCUT2D eigenvalue weighted by atomic mass is 10.5. The van der Waals surface area contributed by atoms with Gasteiger partial charge >= 0.3 is 34.2 Å². The maximum Gasteiger partial charge on any atom is 0.320 e. The minimum Gasteiger partial charge on any atom is -0.416 e. The summed E-state index contributed by atoms with van der Waals surface area (Å²) in [6, 6.07) is 0.759. The Labute approximate surface area is 175 Å². The van der Waals surface area contributed by atoms with E-state index in [4.69, 9.17) is 18.1 Å². The summed E-state index contributed by atoms with van der Waals surface area (Å²) in [5.74, 6) is 0. The molecule has 0 aromatic heterocycles. The van der Waals surface area contributed by atoms with Crippen LogP contribution in [0.25, 0.3) is 0 Å². The number of hydrogen-bond acceptors (Lipinski definition) is 7. The molecule has 1 atom stereocenters. The van der Waals surface area contributed by atoms with E-state index in [0.29, 0.717) is 6.54 Å². The molecule has 7 nitrogen and oxygen atoms in total. The van der Waals surface area contributed by atoms with Gasteiger partial charge in [0.1, 0.15) is 0 Å². The van der Waals surface area contributed by atoms with E-state index in [1.54, 1.807) is 26.2 Å². The predicted molar refractivity (Wildman–Crippen MR) is 130 cm³/mol. The molecule has 0 aliphatic rings. The van der Waals surface area contributed by atoms with Gasteiger partial charge in [-0.2, -0.15) is 0 Å². The summed E-state index contributed by atoms with van der Waals surface area (Å²) in [5, 5.41) is 3.25. The molecule has 27 heavy (non-hydrogen) atoms. The standard InChI is InChI=1S/C12H36N2O5Si4.4CH4/c1-20(2,15)17-22(5,6)19-23(7,18-21(3,4)16)12-8-10-14-11-9-13;;;;/h14-16H,8-13H2,1-7H3;4*1H4/t23-;;;;/m0..../s1. The van der Waals surface area contributed by atoms with Crippen molar-refractivity contribution in [2.75, 3.05) is 19.6 Å². The second-order valence-corrected chi connectivity index (χ2v) is 21.2. The predicted octanol–water partition coefficient (Wildman–Crippen LogP) is 3.68. The Balaban J connectivity index is -0.000000403. The van der Waals surface area contributed by atoms with E-state index in [9.17, 15) is 9.59 Å². The zero-order valence-electron chi connectivity index (χ0n) is 15.7. The van der Waals surface area contributed by atoms with Crippen LogP contribution in [0.2, 0.25) is 51.9 Å². The molecule has 0 saturated carbocycles. The minimum absolute atomic E-state index is 0. The Morgan fingerprint density at radius 1 is 0.741 bits per heavy atom. The first-order valence-electron chi connectivity index (χ1n) is 8.14. The molecule has 0 spiro atoms. The highest BCUT2D eigenvalue weighted by Crippen LogP contribution is 2.26. The van der Waals surface area contributed by atoms with Gasteiger partial charge in [0.05, 0.1) is 0 Å². The van der Waals surface area contributed by atoms with Crippen molar-refractivity contribution in [3.05, 3.63) is 0 Å². The first-order valence-corrected chi connectivity index (χ1v) is 19.2. The van der Waals surface area contributed by atoms with Crippen molar-refractivity contribution in [1.82, 2.24) is 5.32 Å². The fourth-order valence-electron chi connectivity index (χ4n) is 2.56.